The predicted molar refractivity (Wildman–Crippen MR) is 108 cm³/mol. The standard InChI is InChI=1S/C21H18F6N2O2S/c22-20(23,24)18-13(5-7-17(30)29-8-10-31-11-9-29)4-6-16(19(18)21(25,26)27)32-15-3-1-2-14(28)12-15/h1-7,12H,8-11,28H2. The summed E-state index contributed by atoms with van der Waals surface area (Å²) in [5.41, 5.74) is 1.49. The molecule has 3 rings (SSSR count). The molecule has 0 unspecified atom stereocenters. The minimum Gasteiger partial charge on any atom is -0.399 e. The van der Waals surface area contributed by atoms with Crippen LogP contribution in [0.25, 0.3) is 6.08 Å². The van der Waals surface area contributed by atoms with Gasteiger partial charge >= 0.3 is 12.4 Å². The lowest BCUT2D eigenvalue weighted by atomic mass is 9.99. The number of hydrogen-bond acceptors (Lipinski definition) is 4. The quantitative estimate of drug-likeness (QED) is 0.368. The number of rotatable bonds is 4. The normalized spacial score (nSPS) is 15.4. The number of ether oxygens (including phenoxy) is 1. The van der Waals surface area contributed by atoms with Crippen LogP contribution in [0.15, 0.2) is 52.3 Å². The number of nitrogen functional groups attached to an aromatic ring is 1. The third-order valence-corrected chi connectivity index (χ3v) is 5.63. The Hall–Kier alpha value is -2.66. The molecule has 0 atom stereocenters. The number of anilines is 1. The minimum absolute atomic E-state index is 0.249. The zero-order chi connectivity index (χ0) is 23.5. The smallest absolute Gasteiger partial charge is 0.399 e. The fraction of sp³-hybridized carbons (Fsp3) is 0.286. The SMILES string of the molecule is Nc1cccc(Sc2ccc(C=CC(=O)N3CCOCC3)c(C(F)(F)F)c2C(F)(F)F)c1. The molecule has 0 radical (unpaired) electrons. The average molecular weight is 476 g/mol. The van der Waals surface area contributed by atoms with Crippen LogP contribution in [0.3, 0.4) is 0 Å². The third kappa shape index (κ3) is 5.77. The van der Waals surface area contributed by atoms with Gasteiger partial charge in [-0.3, -0.25) is 4.79 Å². The lowest BCUT2D eigenvalue weighted by molar-refractivity contribution is -0.163. The van der Waals surface area contributed by atoms with Crippen molar-refractivity contribution in [2.75, 3.05) is 32.0 Å². The zero-order valence-corrected chi connectivity index (χ0v) is 17.3. The Bertz CT molecular complexity index is 1010. The number of carbonyl (C=O) groups is 1. The van der Waals surface area contributed by atoms with Crippen LogP contribution in [0.2, 0.25) is 0 Å². The Morgan fingerprint density at radius 1 is 1.00 bits per heavy atom. The second kappa shape index (κ2) is 9.45. The van der Waals surface area contributed by atoms with E-state index in [2.05, 4.69) is 0 Å². The summed E-state index contributed by atoms with van der Waals surface area (Å²) in [6.07, 6.45) is -8.98. The van der Waals surface area contributed by atoms with Crippen molar-refractivity contribution in [3.05, 3.63) is 59.2 Å². The molecule has 1 fully saturated rings. The van der Waals surface area contributed by atoms with E-state index in [0.717, 1.165) is 24.3 Å². The van der Waals surface area contributed by atoms with Crippen molar-refractivity contribution < 1.29 is 35.9 Å². The summed E-state index contributed by atoms with van der Waals surface area (Å²) >= 11 is 0.528. The van der Waals surface area contributed by atoms with Crippen molar-refractivity contribution in [2.24, 2.45) is 0 Å². The van der Waals surface area contributed by atoms with Crippen molar-refractivity contribution in [1.82, 2.24) is 4.90 Å². The number of nitrogens with two attached hydrogens (primary N) is 1. The Labute approximate surface area is 184 Å². The molecular weight excluding hydrogens is 458 g/mol. The van der Waals surface area contributed by atoms with Crippen LogP contribution >= 0.6 is 11.8 Å². The minimum atomic E-state index is -5.31. The average Bonchev–Trinajstić information content (AvgIpc) is 2.71. The first-order chi connectivity index (χ1) is 15.0. The Kier molecular flexibility index (Phi) is 7.09. The molecule has 4 nitrogen and oxygen atoms in total. The van der Waals surface area contributed by atoms with Crippen LogP contribution in [0.1, 0.15) is 16.7 Å². The Balaban J connectivity index is 2.06. The van der Waals surface area contributed by atoms with E-state index in [1.54, 1.807) is 0 Å². The number of hydrogen-bond donors (Lipinski definition) is 1. The highest BCUT2D eigenvalue weighted by atomic mass is 32.2. The van der Waals surface area contributed by atoms with Gasteiger partial charge in [-0.2, -0.15) is 26.3 Å². The van der Waals surface area contributed by atoms with Crippen LogP contribution in [0, 0.1) is 0 Å². The number of carbonyl (C=O) groups excluding carboxylic acids is 1. The first-order valence-corrected chi connectivity index (χ1v) is 10.2. The van der Waals surface area contributed by atoms with E-state index < -0.39 is 39.8 Å². The first-order valence-electron chi connectivity index (χ1n) is 9.36. The van der Waals surface area contributed by atoms with Crippen LogP contribution in [0.5, 0.6) is 0 Å². The van der Waals surface area contributed by atoms with Gasteiger partial charge in [-0.05, 0) is 35.9 Å². The highest BCUT2D eigenvalue weighted by molar-refractivity contribution is 7.99. The highest BCUT2D eigenvalue weighted by Gasteiger charge is 2.46. The van der Waals surface area contributed by atoms with Crippen molar-refractivity contribution in [3.63, 3.8) is 0 Å². The first kappa shape index (κ1) is 24.0. The number of alkyl halides is 6. The molecule has 0 saturated carbocycles. The van der Waals surface area contributed by atoms with Crippen molar-refractivity contribution in [2.45, 2.75) is 22.1 Å². The molecule has 0 aliphatic carbocycles. The van der Waals surface area contributed by atoms with E-state index in [4.69, 9.17) is 10.5 Å². The van der Waals surface area contributed by atoms with Crippen LogP contribution < -0.4 is 5.73 Å². The molecule has 0 spiro atoms. The topological polar surface area (TPSA) is 55.6 Å². The largest absolute Gasteiger partial charge is 0.418 e. The van der Waals surface area contributed by atoms with E-state index in [1.165, 1.54) is 29.2 Å². The second-order valence-electron chi connectivity index (χ2n) is 6.84. The van der Waals surface area contributed by atoms with Gasteiger partial charge in [0.25, 0.3) is 0 Å². The van der Waals surface area contributed by atoms with Gasteiger partial charge < -0.3 is 15.4 Å². The van der Waals surface area contributed by atoms with Gasteiger partial charge in [-0.1, -0.05) is 23.9 Å². The van der Waals surface area contributed by atoms with Gasteiger partial charge in [0.15, 0.2) is 0 Å². The second-order valence-corrected chi connectivity index (χ2v) is 7.96. The zero-order valence-electron chi connectivity index (χ0n) is 16.5. The van der Waals surface area contributed by atoms with Crippen LogP contribution in [-0.4, -0.2) is 37.1 Å². The Morgan fingerprint density at radius 2 is 1.66 bits per heavy atom. The fourth-order valence-corrected chi connectivity index (χ4v) is 4.22. The molecule has 11 heteroatoms. The number of nitrogens with zero attached hydrogens (tertiary/aromatic N) is 1. The number of amides is 1. The number of halogens is 6. The molecule has 2 N–H and O–H groups in total. The van der Waals surface area contributed by atoms with Crippen molar-refractivity contribution in [3.8, 4) is 0 Å². The summed E-state index contributed by atoms with van der Waals surface area (Å²) in [6.45, 7) is 1.06. The molecule has 0 aromatic heterocycles. The summed E-state index contributed by atoms with van der Waals surface area (Å²) in [5.74, 6) is -0.604. The molecule has 1 saturated heterocycles. The van der Waals surface area contributed by atoms with E-state index in [9.17, 15) is 31.1 Å². The van der Waals surface area contributed by atoms with Gasteiger partial charge in [0.1, 0.15) is 0 Å². The maximum absolute atomic E-state index is 13.8. The van der Waals surface area contributed by atoms with E-state index >= 15 is 0 Å². The molecule has 1 amide bonds. The van der Waals surface area contributed by atoms with Gasteiger partial charge in [0.2, 0.25) is 5.91 Å². The summed E-state index contributed by atoms with van der Waals surface area (Å²) < 4.78 is 88.1. The lowest BCUT2D eigenvalue weighted by Crippen LogP contribution is -2.39. The summed E-state index contributed by atoms with van der Waals surface area (Å²) in [5, 5.41) is 0. The summed E-state index contributed by atoms with van der Waals surface area (Å²) in [4.78, 5) is 13.2. The van der Waals surface area contributed by atoms with Crippen molar-refractivity contribution >= 4 is 29.4 Å². The van der Waals surface area contributed by atoms with Crippen LogP contribution in [0.4, 0.5) is 32.0 Å². The van der Waals surface area contributed by atoms with Gasteiger partial charge in [-0.15, -0.1) is 0 Å². The molecule has 172 valence electrons. The third-order valence-electron chi connectivity index (χ3n) is 4.58. The predicted octanol–water partition coefficient (Wildman–Crippen LogP) is 5.33. The van der Waals surface area contributed by atoms with Crippen LogP contribution in [-0.2, 0) is 21.9 Å². The molecule has 32 heavy (non-hydrogen) atoms. The Morgan fingerprint density at radius 3 is 2.25 bits per heavy atom. The van der Waals surface area contributed by atoms with E-state index in [-0.39, 0.29) is 36.9 Å². The van der Waals surface area contributed by atoms with Gasteiger partial charge in [-0.25, -0.2) is 0 Å². The van der Waals surface area contributed by atoms with Gasteiger partial charge in [0, 0.05) is 34.6 Å². The van der Waals surface area contributed by atoms with E-state index in [1.807, 2.05) is 0 Å². The van der Waals surface area contributed by atoms with Gasteiger partial charge in [0.05, 0.1) is 24.3 Å². The molecule has 1 aliphatic rings. The summed E-state index contributed by atoms with van der Waals surface area (Å²) in [6, 6.07) is 7.70. The molecule has 1 heterocycles. The van der Waals surface area contributed by atoms with Crippen molar-refractivity contribution in [1.29, 1.82) is 0 Å². The molecule has 1 aliphatic heterocycles. The molecule has 2 aromatic carbocycles. The molecular formula is C21H18F6N2O2S. The lowest BCUT2D eigenvalue weighted by Gasteiger charge is -2.25. The highest BCUT2D eigenvalue weighted by Crippen LogP contribution is 2.48. The summed E-state index contributed by atoms with van der Waals surface area (Å²) in [7, 11) is 0. The maximum Gasteiger partial charge on any atom is 0.418 e. The monoisotopic (exact) mass is 476 g/mol. The number of benzene rings is 2. The van der Waals surface area contributed by atoms with E-state index in [0.29, 0.717) is 11.8 Å². The molecule has 2 aromatic rings. The number of morpholine rings is 1. The fourth-order valence-electron chi connectivity index (χ4n) is 3.17. The molecule has 0 bridgehead atoms. The maximum atomic E-state index is 13.8.